The Morgan fingerprint density at radius 3 is 2.77 bits per heavy atom. The Balaban J connectivity index is 1.82. The molecule has 6 heteroatoms. The highest BCUT2D eigenvalue weighted by atomic mass is 16.5. The topological polar surface area (TPSA) is 90.1 Å². The van der Waals surface area contributed by atoms with Gasteiger partial charge in [-0.3, -0.25) is 4.79 Å². The van der Waals surface area contributed by atoms with Gasteiger partial charge in [0.1, 0.15) is 12.4 Å². The molecule has 3 rings (SSSR count). The SMILES string of the molecule is Cc1ccc(C(N)=O)cc1OCc1ccc2c(NC(C)C)nncc2c1. The Kier molecular flexibility index (Phi) is 5.02. The maximum Gasteiger partial charge on any atom is 0.248 e. The van der Waals surface area contributed by atoms with E-state index in [-0.39, 0.29) is 6.04 Å². The van der Waals surface area contributed by atoms with E-state index in [1.165, 1.54) is 0 Å². The smallest absolute Gasteiger partial charge is 0.248 e. The third-order valence-corrected chi connectivity index (χ3v) is 4.02. The predicted octanol–water partition coefficient (Wildman–Crippen LogP) is 3.44. The summed E-state index contributed by atoms with van der Waals surface area (Å²) in [5.74, 6) is 0.954. The van der Waals surface area contributed by atoms with Gasteiger partial charge in [-0.15, -0.1) is 5.10 Å². The molecule has 1 aromatic heterocycles. The number of primary amides is 1. The van der Waals surface area contributed by atoms with Crippen molar-refractivity contribution in [1.82, 2.24) is 10.2 Å². The summed E-state index contributed by atoms with van der Waals surface area (Å²) < 4.78 is 5.90. The Hall–Kier alpha value is -3.15. The highest BCUT2D eigenvalue weighted by molar-refractivity contribution is 5.93. The van der Waals surface area contributed by atoms with Gasteiger partial charge in [0.05, 0.1) is 6.20 Å². The van der Waals surface area contributed by atoms with Gasteiger partial charge < -0.3 is 15.8 Å². The normalized spacial score (nSPS) is 10.9. The minimum atomic E-state index is -0.468. The molecule has 134 valence electrons. The molecule has 0 radical (unpaired) electrons. The summed E-state index contributed by atoms with van der Waals surface area (Å²) in [6.45, 7) is 6.44. The summed E-state index contributed by atoms with van der Waals surface area (Å²) in [6.07, 6.45) is 1.74. The van der Waals surface area contributed by atoms with E-state index in [4.69, 9.17) is 10.5 Å². The number of fused-ring (bicyclic) bond motifs is 1. The summed E-state index contributed by atoms with van der Waals surface area (Å²) >= 11 is 0. The molecule has 0 aliphatic carbocycles. The molecule has 6 nitrogen and oxygen atoms in total. The number of anilines is 1. The molecule has 26 heavy (non-hydrogen) atoms. The van der Waals surface area contributed by atoms with E-state index < -0.39 is 5.91 Å². The van der Waals surface area contributed by atoms with Crippen LogP contribution in [-0.2, 0) is 6.61 Å². The van der Waals surface area contributed by atoms with Gasteiger partial charge in [-0.25, -0.2) is 0 Å². The third-order valence-electron chi connectivity index (χ3n) is 4.02. The Bertz CT molecular complexity index is 954. The maximum absolute atomic E-state index is 11.3. The molecule has 3 aromatic rings. The van der Waals surface area contributed by atoms with E-state index in [0.29, 0.717) is 17.9 Å². The van der Waals surface area contributed by atoms with Crippen LogP contribution in [0.5, 0.6) is 5.75 Å². The molecule has 0 saturated heterocycles. The zero-order chi connectivity index (χ0) is 18.7. The quantitative estimate of drug-likeness (QED) is 0.711. The van der Waals surface area contributed by atoms with Gasteiger partial charge in [0, 0.05) is 22.4 Å². The van der Waals surface area contributed by atoms with Crippen LogP contribution in [0.3, 0.4) is 0 Å². The van der Waals surface area contributed by atoms with Crippen molar-refractivity contribution < 1.29 is 9.53 Å². The fourth-order valence-electron chi connectivity index (χ4n) is 2.68. The molecule has 0 bridgehead atoms. The highest BCUT2D eigenvalue weighted by Gasteiger charge is 2.08. The first kappa shape index (κ1) is 17.7. The minimum absolute atomic E-state index is 0.276. The zero-order valence-electron chi connectivity index (χ0n) is 15.1. The van der Waals surface area contributed by atoms with Crippen LogP contribution in [0.25, 0.3) is 10.8 Å². The van der Waals surface area contributed by atoms with Gasteiger partial charge in [-0.1, -0.05) is 18.2 Å². The second-order valence-corrected chi connectivity index (χ2v) is 6.55. The van der Waals surface area contributed by atoms with E-state index in [9.17, 15) is 4.79 Å². The fourth-order valence-corrected chi connectivity index (χ4v) is 2.68. The van der Waals surface area contributed by atoms with E-state index in [1.807, 2.05) is 31.2 Å². The summed E-state index contributed by atoms with van der Waals surface area (Å²) in [5, 5.41) is 13.5. The van der Waals surface area contributed by atoms with Gasteiger partial charge in [0.25, 0.3) is 0 Å². The first-order valence-electron chi connectivity index (χ1n) is 8.48. The van der Waals surface area contributed by atoms with Crippen molar-refractivity contribution in [3.8, 4) is 5.75 Å². The van der Waals surface area contributed by atoms with Crippen LogP contribution in [0.1, 0.15) is 35.3 Å². The van der Waals surface area contributed by atoms with Gasteiger partial charge >= 0.3 is 0 Å². The van der Waals surface area contributed by atoms with Crippen LogP contribution in [0, 0.1) is 6.92 Å². The molecular weight excluding hydrogens is 328 g/mol. The standard InChI is InChI=1S/C20H22N4O2/c1-12(2)23-20-17-7-5-14(8-16(17)10-22-24-20)11-26-18-9-15(19(21)25)6-4-13(18)3/h4-10,12H,11H2,1-3H3,(H2,21,25)(H,23,24). The number of nitrogens with one attached hydrogen (secondary N) is 1. The molecule has 0 fully saturated rings. The van der Waals surface area contributed by atoms with Crippen molar-refractivity contribution in [3.63, 3.8) is 0 Å². The number of aryl methyl sites for hydroxylation is 1. The number of aromatic nitrogens is 2. The summed E-state index contributed by atoms with van der Waals surface area (Å²) in [4.78, 5) is 11.3. The van der Waals surface area contributed by atoms with E-state index in [2.05, 4.69) is 29.4 Å². The molecule has 1 amide bonds. The van der Waals surface area contributed by atoms with Crippen molar-refractivity contribution in [3.05, 3.63) is 59.3 Å². The van der Waals surface area contributed by atoms with Crippen LogP contribution in [0.15, 0.2) is 42.6 Å². The second-order valence-electron chi connectivity index (χ2n) is 6.55. The summed E-state index contributed by atoms with van der Waals surface area (Å²) in [6, 6.07) is 11.5. The minimum Gasteiger partial charge on any atom is -0.489 e. The van der Waals surface area contributed by atoms with Crippen LogP contribution in [0.4, 0.5) is 5.82 Å². The number of carbonyl (C=O) groups is 1. The molecule has 0 saturated carbocycles. The first-order chi connectivity index (χ1) is 12.4. The Labute approximate surface area is 152 Å². The third kappa shape index (κ3) is 3.91. The van der Waals surface area contributed by atoms with Crippen LogP contribution < -0.4 is 15.8 Å². The number of nitrogens with zero attached hydrogens (tertiary/aromatic N) is 2. The number of benzene rings is 2. The average molecular weight is 350 g/mol. The fraction of sp³-hybridized carbons (Fsp3) is 0.250. The van der Waals surface area contributed by atoms with Crippen molar-refractivity contribution in [1.29, 1.82) is 0 Å². The number of amides is 1. The molecule has 0 aliphatic heterocycles. The lowest BCUT2D eigenvalue weighted by atomic mass is 10.1. The average Bonchev–Trinajstić information content (AvgIpc) is 2.60. The van der Waals surface area contributed by atoms with E-state index in [1.54, 1.807) is 18.3 Å². The van der Waals surface area contributed by atoms with Gasteiger partial charge in [0.15, 0.2) is 5.82 Å². The van der Waals surface area contributed by atoms with Crippen molar-refractivity contribution in [2.45, 2.75) is 33.4 Å². The summed E-state index contributed by atoms with van der Waals surface area (Å²) in [5.41, 5.74) is 7.73. The molecular formula is C20H22N4O2. The van der Waals surface area contributed by atoms with E-state index in [0.717, 1.165) is 27.7 Å². The number of carbonyl (C=O) groups excluding carboxylic acids is 1. The van der Waals surface area contributed by atoms with Crippen molar-refractivity contribution in [2.75, 3.05) is 5.32 Å². The Morgan fingerprint density at radius 2 is 2.04 bits per heavy atom. The lowest BCUT2D eigenvalue weighted by Crippen LogP contribution is -2.12. The molecule has 0 unspecified atom stereocenters. The second kappa shape index (κ2) is 7.39. The number of nitrogens with two attached hydrogens (primary N) is 1. The number of rotatable bonds is 6. The molecule has 0 aliphatic rings. The number of hydrogen-bond donors (Lipinski definition) is 2. The predicted molar refractivity (Wildman–Crippen MR) is 102 cm³/mol. The monoisotopic (exact) mass is 350 g/mol. The van der Waals surface area contributed by atoms with E-state index >= 15 is 0 Å². The van der Waals surface area contributed by atoms with Crippen LogP contribution in [0.2, 0.25) is 0 Å². The lowest BCUT2D eigenvalue weighted by molar-refractivity contribution is 0.1000. The molecule has 0 spiro atoms. The highest BCUT2D eigenvalue weighted by Crippen LogP contribution is 2.24. The van der Waals surface area contributed by atoms with Crippen LogP contribution in [-0.4, -0.2) is 22.1 Å². The Morgan fingerprint density at radius 1 is 1.23 bits per heavy atom. The molecule has 2 aromatic carbocycles. The van der Waals surface area contributed by atoms with Crippen LogP contribution >= 0.6 is 0 Å². The van der Waals surface area contributed by atoms with Gasteiger partial charge in [-0.2, -0.15) is 5.10 Å². The summed E-state index contributed by atoms with van der Waals surface area (Å²) in [7, 11) is 0. The zero-order valence-corrected chi connectivity index (χ0v) is 15.1. The maximum atomic E-state index is 11.3. The first-order valence-corrected chi connectivity index (χ1v) is 8.48. The van der Waals surface area contributed by atoms with Crippen molar-refractivity contribution in [2.24, 2.45) is 5.73 Å². The number of hydrogen-bond acceptors (Lipinski definition) is 5. The van der Waals surface area contributed by atoms with Crippen molar-refractivity contribution >= 4 is 22.5 Å². The number of ether oxygens (including phenoxy) is 1. The molecule has 3 N–H and O–H groups in total. The largest absolute Gasteiger partial charge is 0.489 e. The van der Waals surface area contributed by atoms with Gasteiger partial charge in [-0.05, 0) is 50.1 Å². The molecule has 1 heterocycles. The van der Waals surface area contributed by atoms with Gasteiger partial charge in [0.2, 0.25) is 5.91 Å². The lowest BCUT2D eigenvalue weighted by Gasteiger charge is -2.13. The molecule has 0 atom stereocenters.